The fourth-order valence-corrected chi connectivity index (χ4v) is 8.33. The molecule has 0 saturated carbocycles. The molecule has 0 aliphatic carbocycles. The summed E-state index contributed by atoms with van der Waals surface area (Å²) < 4.78 is 28.1. The highest BCUT2D eigenvalue weighted by Crippen LogP contribution is 2.39. The third-order valence-corrected chi connectivity index (χ3v) is 10.3. The van der Waals surface area contributed by atoms with Crippen LogP contribution in [0.25, 0.3) is 0 Å². The van der Waals surface area contributed by atoms with Gasteiger partial charge in [0.15, 0.2) is 0 Å². The summed E-state index contributed by atoms with van der Waals surface area (Å²) in [5.74, 6) is -1.12. The number of carbonyl (C=O) groups is 2. The lowest BCUT2D eigenvalue weighted by Crippen LogP contribution is -2.17. The predicted molar refractivity (Wildman–Crippen MR) is 220 cm³/mol. The molecule has 0 aliphatic rings. The Morgan fingerprint density at radius 3 is 1.96 bits per heavy atom. The Balaban J connectivity index is 0.000000280. The molecule has 0 saturated heterocycles. The lowest BCUT2D eigenvalue weighted by molar-refractivity contribution is -0.142. The van der Waals surface area contributed by atoms with Crippen molar-refractivity contribution in [1.82, 2.24) is 0 Å². The highest BCUT2D eigenvalue weighted by Gasteiger charge is 2.19. The lowest BCUT2D eigenvalue weighted by Gasteiger charge is -2.16. The molecule has 0 amide bonds. The largest absolute Gasteiger partial charge is 0.487 e. The van der Waals surface area contributed by atoms with E-state index in [2.05, 4.69) is 106 Å². The summed E-state index contributed by atoms with van der Waals surface area (Å²) in [6.07, 6.45) is -2.08. The summed E-state index contributed by atoms with van der Waals surface area (Å²) in [5, 5.41) is 24.8. The molecular formula is C38H40Br4ClFN2O6. The molecule has 0 aromatic heterocycles. The third kappa shape index (κ3) is 13.2. The van der Waals surface area contributed by atoms with E-state index in [4.69, 9.17) is 31.3 Å². The van der Waals surface area contributed by atoms with Gasteiger partial charge < -0.3 is 30.3 Å². The Labute approximate surface area is 342 Å². The second-order valence-electron chi connectivity index (χ2n) is 11.8. The minimum Gasteiger partial charge on any atom is -0.487 e. The molecule has 2 atom stereocenters. The molecule has 4 aromatic rings. The molecule has 0 fully saturated rings. The van der Waals surface area contributed by atoms with Gasteiger partial charge in [0, 0.05) is 30.8 Å². The quantitative estimate of drug-likeness (QED) is 0.0877. The maximum atomic E-state index is 13.4. The Bertz CT molecular complexity index is 1820. The molecule has 0 radical (unpaired) electrons. The van der Waals surface area contributed by atoms with Crippen molar-refractivity contribution in [3.8, 4) is 11.5 Å². The van der Waals surface area contributed by atoms with Gasteiger partial charge in [-0.1, -0.05) is 36.7 Å². The monoisotopic (exact) mass is 990 g/mol. The number of anilines is 2. The lowest BCUT2D eigenvalue weighted by atomic mass is 9.98. The number of carboxylic acids is 2. The Hall–Kier alpha value is -2.84. The number of aliphatic carboxylic acids is 2. The number of benzene rings is 4. The van der Waals surface area contributed by atoms with E-state index >= 15 is 0 Å². The van der Waals surface area contributed by atoms with Crippen LogP contribution in [0.5, 0.6) is 11.5 Å². The standard InChI is InChI=1S/C20H23Br2NO3.C18H17Br2ClFNO3/c1-4-23-16-6-12(2)5-14(8-16)11-26-20-17(21)9-15(10-18(20)22)13(3)7-19(24)25;1-2-23-15-5-3-4-11(16(15)21)9-26-17-12(19)6-10(7-13(17)20)8-14(22)18(24)25/h5-6,8-10,13,23H,4,7,11H2,1-3H3,(H,24,25);3-7,14,23H,2,8-9H2,1H3,(H,24,25). The molecule has 4 N–H and O–H groups in total. The van der Waals surface area contributed by atoms with E-state index in [1.165, 1.54) is 5.56 Å². The van der Waals surface area contributed by atoms with E-state index in [-0.39, 0.29) is 25.4 Å². The molecule has 8 nitrogen and oxygen atoms in total. The van der Waals surface area contributed by atoms with Gasteiger partial charge in [0.1, 0.15) is 24.7 Å². The summed E-state index contributed by atoms with van der Waals surface area (Å²) in [6, 6.07) is 19.1. The van der Waals surface area contributed by atoms with Crippen LogP contribution < -0.4 is 20.1 Å². The number of aryl methyl sites for hydroxylation is 1. The van der Waals surface area contributed by atoms with Gasteiger partial charge in [-0.2, -0.15) is 0 Å². The SMILES string of the molecule is CCNc1cc(C)cc(COc2c(Br)cc(C(C)CC(=O)O)cc2Br)c1.CCNc1cccc(COc2c(Br)cc(CC(F)C(=O)O)cc2Br)c1Cl. The van der Waals surface area contributed by atoms with Crippen LogP contribution in [0.2, 0.25) is 5.02 Å². The van der Waals surface area contributed by atoms with Crippen LogP contribution in [-0.4, -0.2) is 41.4 Å². The zero-order valence-electron chi connectivity index (χ0n) is 29.0. The van der Waals surface area contributed by atoms with Crippen LogP contribution in [0, 0.1) is 6.92 Å². The first kappa shape index (κ1) is 43.6. The van der Waals surface area contributed by atoms with Crippen molar-refractivity contribution in [2.24, 2.45) is 0 Å². The minimum absolute atomic E-state index is 0.0754. The number of ether oxygens (including phenoxy) is 2. The maximum Gasteiger partial charge on any atom is 0.338 e. The zero-order chi connectivity index (χ0) is 38.5. The van der Waals surface area contributed by atoms with Crippen LogP contribution >= 0.6 is 75.3 Å². The van der Waals surface area contributed by atoms with Gasteiger partial charge in [-0.15, -0.1) is 0 Å². The van der Waals surface area contributed by atoms with Crippen molar-refractivity contribution in [3.05, 3.63) is 111 Å². The summed E-state index contributed by atoms with van der Waals surface area (Å²) in [6.45, 7) is 10.3. The van der Waals surface area contributed by atoms with Gasteiger partial charge >= 0.3 is 11.9 Å². The van der Waals surface area contributed by atoms with Crippen molar-refractivity contribution in [2.75, 3.05) is 23.7 Å². The van der Waals surface area contributed by atoms with Crippen LogP contribution in [0.1, 0.15) is 60.9 Å². The van der Waals surface area contributed by atoms with Crippen molar-refractivity contribution in [1.29, 1.82) is 0 Å². The second-order valence-corrected chi connectivity index (χ2v) is 15.6. The van der Waals surface area contributed by atoms with Crippen LogP contribution in [0.4, 0.5) is 15.8 Å². The van der Waals surface area contributed by atoms with Crippen LogP contribution in [-0.2, 0) is 29.2 Å². The van der Waals surface area contributed by atoms with Crippen LogP contribution in [0.15, 0.2) is 78.6 Å². The van der Waals surface area contributed by atoms with Crippen LogP contribution in [0.3, 0.4) is 0 Å². The molecule has 280 valence electrons. The molecule has 0 spiro atoms. The maximum absolute atomic E-state index is 13.4. The van der Waals surface area contributed by atoms with E-state index < -0.39 is 18.1 Å². The number of hydrogen-bond acceptors (Lipinski definition) is 6. The second kappa shape index (κ2) is 21.2. The van der Waals surface area contributed by atoms with Gasteiger partial charge in [0.05, 0.1) is 35.0 Å². The molecule has 0 aliphatic heterocycles. The van der Waals surface area contributed by atoms with Crippen molar-refractivity contribution < 1.29 is 33.7 Å². The Morgan fingerprint density at radius 1 is 0.827 bits per heavy atom. The highest BCUT2D eigenvalue weighted by molar-refractivity contribution is 9.11. The van der Waals surface area contributed by atoms with E-state index in [1.54, 1.807) is 12.1 Å². The molecule has 0 bridgehead atoms. The smallest absolute Gasteiger partial charge is 0.338 e. The fraction of sp³-hybridized carbons (Fsp3) is 0.316. The number of rotatable bonds is 16. The number of halogens is 6. The number of carboxylic acid groups (broad SMARTS) is 2. The number of alkyl halides is 1. The van der Waals surface area contributed by atoms with E-state index in [0.29, 0.717) is 37.6 Å². The predicted octanol–water partition coefficient (Wildman–Crippen LogP) is 12.0. The molecule has 0 heterocycles. The summed E-state index contributed by atoms with van der Waals surface area (Å²) >= 11 is 20.2. The number of hydrogen-bond donors (Lipinski definition) is 4. The van der Waals surface area contributed by atoms with Gasteiger partial charge in [0.2, 0.25) is 6.17 Å². The summed E-state index contributed by atoms with van der Waals surface area (Å²) in [4.78, 5) is 21.6. The summed E-state index contributed by atoms with van der Waals surface area (Å²) in [7, 11) is 0. The zero-order valence-corrected chi connectivity index (χ0v) is 36.1. The first-order valence-corrected chi connectivity index (χ1v) is 19.8. The van der Waals surface area contributed by atoms with E-state index in [1.807, 2.05) is 44.2 Å². The molecular weight excluding hydrogens is 954 g/mol. The van der Waals surface area contributed by atoms with Crippen molar-refractivity contribution in [2.45, 2.75) is 65.8 Å². The van der Waals surface area contributed by atoms with E-state index in [9.17, 15) is 14.0 Å². The van der Waals surface area contributed by atoms with Gasteiger partial charge in [-0.3, -0.25) is 4.79 Å². The third-order valence-electron chi connectivity index (χ3n) is 7.53. The first-order chi connectivity index (χ1) is 24.6. The van der Waals surface area contributed by atoms with Gasteiger partial charge in [-0.05, 0) is 155 Å². The molecule has 4 rings (SSSR count). The average molecular weight is 995 g/mol. The molecule has 4 aromatic carbocycles. The van der Waals surface area contributed by atoms with Crippen molar-refractivity contribution in [3.63, 3.8) is 0 Å². The van der Waals surface area contributed by atoms with Crippen molar-refractivity contribution >= 4 is 98.6 Å². The Kier molecular flexibility index (Phi) is 17.7. The normalized spacial score (nSPS) is 11.9. The molecule has 52 heavy (non-hydrogen) atoms. The summed E-state index contributed by atoms with van der Waals surface area (Å²) in [5.41, 5.74) is 6.50. The van der Waals surface area contributed by atoms with E-state index in [0.717, 1.165) is 50.1 Å². The van der Waals surface area contributed by atoms with Gasteiger partial charge in [-0.25, -0.2) is 9.18 Å². The first-order valence-electron chi connectivity index (χ1n) is 16.3. The minimum atomic E-state index is -1.95. The Morgan fingerprint density at radius 2 is 1.40 bits per heavy atom. The topological polar surface area (TPSA) is 117 Å². The molecule has 14 heteroatoms. The fourth-order valence-electron chi connectivity index (χ4n) is 5.12. The molecule has 2 unspecified atom stereocenters. The average Bonchev–Trinajstić information content (AvgIpc) is 3.05. The number of nitrogens with one attached hydrogen (secondary N) is 2. The highest BCUT2D eigenvalue weighted by atomic mass is 79.9. The van der Waals surface area contributed by atoms with Gasteiger partial charge in [0.25, 0.3) is 0 Å².